The lowest BCUT2D eigenvalue weighted by molar-refractivity contribution is -0.142. The van der Waals surface area contributed by atoms with Crippen LogP contribution < -0.4 is 0 Å². The minimum Gasteiger partial charge on any atom is -0.465 e. The van der Waals surface area contributed by atoms with Crippen LogP contribution in [0.2, 0.25) is 0 Å². The molecule has 0 saturated carbocycles. The van der Waals surface area contributed by atoms with Crippen LogP contribution in [0.5, 0.6) is 0 Å². The highest BCUT2D eigenvalue weighted by Gasteiger charge is 2.36. The number of esters is 1. The molecule has 0 spiro atoms. The monoisotopic (exact) mass is 259 g/mol. The molecule has 1 aliphatic rings. The van der Waals surface area contributed by atoms with Gasteiger partial charge in [0.2, 0.25) is 0 Å². The first kappa shape index (κ1) is 14.8. The molecule has 18 heavy (non-hydrogen) atoms. The summed E-state index contributed by atoms with van der Waals surface area (Å²) in [5, 5.41) is 9.78. The second kappa shape index (κ2) is 5.56. The van der Waals surface area contributed by atoms with Gasteiger partial charge in [-0.05, 0) is 20.8 Å². The van der Waals surface area contributed by atoms with Crippen LogP contribution in [0, 0.1) is 5.92 Å². The van der Waals surface area contributed by atoms with E-state index in [1.54, 1.807) is 20.8 Å². The van der Waals surface area contributed by atoms with Crippen LogP contribution in [0.3, 0.4) is 0 Å². The normalized spacial score (nSPS) is 23.9. The van der Waals surface area contributed by atoms with Gasteiger partial charge in [-0.25, -0.2) is 4.79 Å². The van der Waals surface area contributed by atoms with Gasteiger partial charge >= 0.3 is 12.1 Å². The molecule has 1 N–H and O–H groups in total. The molecule has 1 saturated heterocycles. The number of aliphatic hydroxyl groups is 1. The lowest BCUT2D eigenvalue weighted by Gasteiger charge is -2.24. The molecule has 2 atom stereocenters. The van der Waals surface area contributed by atoms with Gasteiger partial charge < -0.3 is 19.5 Å². The second-order valence-electron chi connectivity index (χ2n) is 5.52. The Morgan fingerprint density at radius 3 is 2.44 bits per heavy atom. The van der Waals surface area contributed by atoms with E-state index in [1.807, 2.05) is 0 Å². The van der Waals surface area contributed by atoms with Crippen LogP contribution in [-0.2, 0) is 14.3 Å². The highest BCUT2D eigenvalue weighted by atomic mass is 16.6. The average Bonchev–Trinajstić information content (AvgIpc) is 2.54. The Balaban J connectivity index is 2.47. The number of aliphatic hydroxyl groups excluding tert-OH is 1. The molecule has 1 heterocycles. The lowest BCUT2D eigenvalue weighted by atomic mass is 10.1. The molecule has 6 nitrogen and oxygen atoms in total. The van der Waals surface area contributed by atoms with Crippen molar-refractivity contribution in [3.63, 3.8) is 0 Å². The van der Waals surface area contributed by atoms with Gasteiger partial charge in [0.1, 0.15) is 5.60 Å². The van der Waals surface area contributed by atoms with Crippen LogP contribution in [0.25, 0.3) is 0 Å². The number of hydrogen-bond acceptors (Lipinski definition) is 5. The summed E-state index contributed by atoms with van der Waals surface area (Å²) in [6.07, 6.45) is -1.14. The maximum atomic E-state index is 11.8. The number of amides is 1. The Bertz CT molecular complexity index is 323. The number of β-amino-alcohol motifs (C(OH)–C–C–N with tert-alkyl or cyclic N) is 1. The Kier molecular flexibility index (Phi) is 4.56. The SMILES string of the molecule is CC(=O)OC[C@H]1CN(C(=O)OC(C)(C)C)C[C@H]1O. The largest absolute Gasteiger partial charge is 0.465 e. The molecule has 0 radical (unpaired) electrons. The maximum Gasteiger partial charge on any atom is 0.410 e. The fourth-order valence-electron chi connectivity index (χ4n) is 1.72. The summed E-state index contributed by atoms with van der Waals surface area (Å²) in [5.41, 5.74) is -0.560. The van der Waals surface area contributed by atoms with Crippen molar-refractivity contribution >= 4 is 12.1 Å². The first-order chi connectivity index (χ1) is 8.19. The number of hydrogen-bond donors (Lipinski definition) is 1. The minimum atomic E-state index is -0.683. The summed E-state index contributed by atoms with van der Waals surface area (Å²) in [4.78, 5) is 23.9. The molecule has 6 heteroatoms. The van der Waals surface area contributed by atoms with Gasteiger partial charge in [0.05, 0.1) is 19.3 Å². The zero-order valence-corrected chi connectivity index (χ0v) is 11.3. The number of ether oxygens (including phenoxy) is 2. The average molecular weight is 259 g/mol. The van der Waals surface area contributed by atoms with Crippen molar-refractivity contribution in [2.45, 2.75) is 39.4 Å². The van der Waals surface area contributed by atoms with Crippen molar-refractivity contribution < 1.29 is 24.2 Å². The van der Waals surface area contributed by atoms with E-state index in [4.69, 9.17) is 9.47 Å². The molecule has 1 amide bonds. The molecule has 0 aliphatic carbocycles. The van der Waals surface area contributed by atoms with Gasteiger partial charge in [0, 0.05) is 19.4 Å². The first-order valence-electron chi connectivity index (χ1n) is 5.98. The number of carbonyl (C=O) groups excluding carboxylic acids is 2. The van der Waals surface area contributed by atoms with Crippen LogP contribution >= 0.6 is 0 Å². The zero-order valence-electron chi connectivity index (χ0n) is 11.3. The first-order valence-corrected chi connectivity index (χ1v) is 5.98. The van der Waals surface area contributed by atoms with Gasteiger partial charge in [-0.2, -0.15) is 0 Å². The molecule has 0 bridgehead atoms. The third kappa shape index (κ3) is 4.52. The predicted molar refractivity (Wildman–Crippen MR) is 63.9 cm³/mol. The molecule has 0 aromatic carbocycles. The summed E-state index contributed by atoms with van der Waals surface area (Å²) < 4.78 is 10.1. The van der Waals surface area contributed by atoms with Gasteiger partial charge in [-0.1, -0.05) is 0 Å². The fourth-order valence-corrected chi connectivity index (χ4v) is 1.72. The third-order valence-electron chi connectivity index (χ3n) is 2.56. The summed E-state index contributed by atoms with van der Waals surface area (Å²) in [6, 6.07) is 0. The van der Waals surface area contributed by atoms with Crippen LogP contribution in [0.1, 0.15) is 27.7 Å². The second-order valence-corrected chi connectivity index (χ2v) is 5.52. The number of likely N-dealkylation sites (tertiary alicyclic amines) is 1. The van der Waals surface area contributed by atoms with Crippen LogP contribution in [0.15, 0.2) is 0 Å². The summed E-state index contributed by atoms with van der Waals surface area (Å²) in [5.74, 6) is -0.640. The number of rotatable bonds is 2. The Morgan fingerprint density at radius 2 is 1.94 bits per heavy atom. The summed E-state index contributed by atoms with van der Waals surface area (Å²) in [6.45, 7) is 7.34. The molecular weight excluding hydrogens is 238 g/mol. The van der Waals surface area contributed by atoms with E-state index >= 15 is 0 Å². The molecule has 0 aromatic rings. The topological polar surface area (TPSA) is 76.1 Å². The van der Waals surface area contributed by atoms with Crippen LogP contribution in [0.4, 0.5) is 4.79 Å². The minimum absolute atomic E-state index is 0.121. The molecule has 1 aliphatic heterocycles. The number of carbonyl (C=O) groups is 2. The predicted octanol–water partition coefficient (Wildman–Crippen LogP) is 0.777. The Hall–Kier alpha value is -1.30. The van der Waals surface area contributed by atoms with Gasteiger partial charge in [-0.15, -0.1) is 0 Å². The molecule has 1 fully saturated rings. The summed E-state index contributed by atoms with van der Waals surface area (Å²) in [7, 11) is 0. The van der Waals surface area contributed by atoms with Crippen molar-refractivity contribution in [3.8, 4) is 0 Å². The Morgan fingerprint density at radius 1 is 1.33 bits per heavy atom. The van der Waals surface area contributed by atoms with E-state index in [9.17, 15) is 14.7 Å². The van der Waals surface area contributed by atoms with E-state index in [0.717, 1.165) is 0 Å². The molecule has 1 rings (SSSR count). The van der Waals surface area contributed by atoms with E-state index in [-0.39, 0.29) is 19.1 Å². The van der Waals surface area contributed by atoms with Gasteiger partial charge in [0.15, 0.2) is 0 Å². The maximum absolute atomic E-state index is 11.8. The highest BCUT2D eigenvalue weighted by molar-refractivity contribution is 5.68. The van der Waals surface area contributed by atoms with E-state index < -0.39 is 23.8 Å². The molecule has 104 valence electrons. The lowest BCUT2D eigenvalue weighted by Crippen LogP contribution is -2.36. The van der Waals surface area contributed by atoms with Gasteiger partial charge in [-0.3, -0.25) is 4.79 Å². The van der Waals surface area contributed by atoms with Crippen molar-refractivity contribution in [2.24, 2.45) is 5.92 Å². The third-order valence-corrected chi connectivity index (χ3v) is 2.56. The Labute approximate surface area is 107 Å². The van der Waals surface area contributed by atoms with Crippen molar-refractivity contribution in [2.75, 3.05) is 19.7 Å². The van der Waals surface area contributed by atoms with E-state index in [0.29, 0.717) is 6.54 Å². The summed E-state index contributed by atoms with van der Waals surface area (Å²) >= 11 is 0. The quantitative estimate of drug-likeness (QED) is 0.741. The van der Waals surface area contributed by atoms with Crippen molar-refractivity contribution in [1.29, 1.82) is 0 Å². The fraction of sp³-hybridized carbons (Fsp3) is 0.833. The smallest absolute Gasteiger partial charge is 0.410 e. The van der Waals surface area contributed by atoms with Crippen molar-refractivity contribution in [1.82, 2.24) is 4.90 Å². The number of nitrogens with zero attached hydrogens (tertiary/aromatic N) is 1. The molecule has 0 aromatic heterocycles. The standard InChI is InChI=1S/C12H21NO5/c1-8(14)17-7-9-5-13(6-10(9)15)11(16)18-12(2,3)4/h9-10,15H,5-7H2,1-4H3/t9-,10-/m1/s1. The highest BCUT2D eigenvalue weighted by Crippen LogP contribution is 2.20. The zero-order chi connectivity index (χ0) is 13.9. The van der Waals surface area contributed by atoms with E-state index in [1.165, 1.54) is 11.8 Å². The van der Waals surface area contributed by atoms with Crippen molar-refractivity contribution in [3.05, 3.63) is 0 Å². The van der Waals surface area contributed by atoms with Crippen LogP contribution in [-0.4, -0.2) is 53.5 Å². The molecular formula is C12H21NO5. The van der Waals surface area contributed by atoms with Gasteiger partial charge in [0.25, 0.3) is 0 Å². The molecule has 0 unspecified atom stereocenters. The van der Waals surface area contributed by atoms with E-state index in [2.05, 4.69) is 0 Å².